The van der Waals surface area contributed by atoms with Crippen LogP contribution in [0.3, 0.4) is 0 Å². The number of thioether (sulfide) groups is 1. The van der Waals surface area contributed by atoms with E-state index >= 15 is 0 Å². The predicted octanol–water partition coefficient (Wildman–Crippen LogP) is 3.07. The molecule has 0 unspecified atom stereocenters. The van der Waals surface area contributed by atoms with Crippen molar-refractivity contribution in [1.82, 2.24) is 9.97 Å². The molecule has 2 aromatic heterocycles. The number of nitriles is 1. The SMILES string of the molecule is C/C(N)=C(\C#N)C(=O)CSc1nc2scc(-c3ccccc3)c2c(=O)[nH]1. The van der Waals surface area contributed by atoms with E-state index < -0.39 is 5.78 Å². The summed E-state index contributed by atoms with van der Waals surface area (Å²) in [6, 6.07) is 11.4. The number of nitrogens with zero attached hydrogens (tertiary/aromatic N) is 2. The Bertz CT molecular complexity index is 1100. The largest absolute Gasteiger partial charge is 0.401 e. The van der Waals surface area contributed by atoms with Crippen molar-refractivity contribution in [3.05, 3.63) is 57.3 Å². The van der Waals surface area contributed by atoms with Crippen molar-refractivity contribution in [2.75, 3.05) is 5.75 Å². The summed E-state index contributed by atoms with van der Waals surface area (Å²) in [4.78, 5) is 32.3. The number of rotatable bonds is 5. The van der Waals surface area contributed by atoms with Gasteiger partial charge in [0, 0.05) is 16.6 Å². The van der Waals surface area contributed by atoms with E-state index in [0.29, 0.717) is 15.4 Å². The summed E-state index contributed by atoms with van der Waals surface area (Å²) in [5.41, 5.74) is 7.17. The average molecular weight is 382 g/mol. The number of fused-ring (bicyclic) bond motifs is 1. The van der Waals surface area contributed by atoms with Crippen LogP contribution in [0.15, 0.2) is 56.9 Å². The van der Waals surface area contributed by atoms with Gasteiger partial charge >= 0.3 is 0 Å². The van der Waals surface area contributed by atoms with E-state index in [9.17, 15) is 9.59 Å². The molecule has 0 aliphatic heterocycles. The molecule has 26 heavy (non-hydrogen) atoms. The fourth-order valence-corrected chi connectivity index (χ4v) is 4.14. The number of nitrogens with one attached hydrogen (secondary N) is 1. The third-order valence-corrected chi connectivity index (χ3v) is 5.38. The van der Waals surface area contributed by atoms with Crippen molar-refractivity contribution in [3.63, 3.8) is 0 Å². The topological polar surface area (TPSA) is 113 Å². The number of hydrogen-bond donors (Lipinski definition) is 2. The maximum atomic E-state index is 12.5. The third-order valence-electron chi connectivity index (χ3n) is 3.63. The second-order valence-electron chi connectivity index (χ2n) is 5.45. The zero-order valence-corrected chi connectivity index (χ0v) is 15.4. The number of Topliss-reactive ketones (excluding diaryl/α,β-unsaturated/α-hetero) is 1. The first-order valence-corrected chi connectivity index (χ1v) is 9.47. The summed E-state index contributed by atoms with van der Waals surface area (Å²) in [6.07, 6.45) is 0. The van der Waals surface area contributed by atoms with E-state index in [2.05, 4.69) is 9.97 Å². The minimum Gasteiger partial charge on any atom is -0.401 e. The molecule has 0 amide bonds. The lowest BCUT2D eigenvalue weighted by atomic mass is 10.1. The lowest BCUT2D eigenvalue weighted by Crippen LogP contribution is -2.12. The molecule has 6 nitrogen and oxygen atoms in total. The number of benzene rings is 1. The van der Waals surface area contributed by atoms with Gasteiger partial charge in [-0.15, -0.1) is 11.3 Å². The first kappa shape index (κ1) is 17.9. The van der Waals surface area contributed by atoms with Gasteiger partial charge in [-0.1, -0.05) is 42.1 Å². The molecule has 0 fully saturated rings. The molecule has 3 N–H and O–H groups in total. The summed E-state index contributed by atoms with van der Waals surface area (Å²) < 4.78 is 0. The summed E-state index contributed by atoms with van der Waals surface area (Å²) in [5.74, 6) is -0.417. The van der Waals surface area contributed by atoms with E-state index in [1.807, 2.05) is 35.7 Å². The maximum absolute atomic E-state index is 12.5. The van der Waals surface area contributed by atoms with Crippen LogP contribution in [0.4, 0.5) is 0 Å². The number of carbonyl (C=O) groups is 1. The highest BCUT2D eigenvalue weighted by molar-refractivity contribution is 7.99. The molecule has 3 aromatic rings. The van der Waals surface area contributed by atoms with Crippen LogP contribution in [0.25, 0.3) is 21.3 Å². The smallest absolute Gasteiger partial charge is 0.260 e. The van der Waals surface area contributed by atoms with Crippen LogP contribution in [0.5, 0.6) is 0 Å². The van der Waals surface area contributed by atoms with E-state index in [1.54, 1.807) is 6.07 Å². The molecule has 130 valence electrons. The summed E-state index contributed by atoms with van der Waals surface area (Å²) in [7, 11) is 0. The van der Waals surface area contributed by atoms with Crippen molar-refractivity contribution < 1.29 is 4.79 Å². The molecule has 0 saturated heterocycles. The van der Waals surface area contributed by atoms with Gasteiger partial charge in [-0.25, -0.2) is 4.98 Å². The number of aromatic amines is 1. The monoisotopic (exact) mass is 382 g/mol. The van der Waals surface area contributed by atoms with Gasteiger partial charge in [0.05, 0.1) is 11.1 Å². The van der Waals surface area contributed by atoms with Gasteiger partial charge in [0.15, 0.2) is 10.9 Å². The Morgan fingerprint density at radius 2 is 2.12 bits per heavy atom. The molecule has 0 radical (unpaired) electrons. The Morgan fingerprint density at radius 1 is 1.38 bits per heavy atom. The van der Waals surface area contributed by atoms with Gasteiger partial charge in [-0.3, -0.25) is 9.59 Å². The van der Waals surface area contributed by atoms with Gasteiger partial charge in [-0.05, 0) is 12.5 Å². The van der Waals surface area contributed by atoms with Crippen molar-refractivity contribution in [2.24, 2.45) is 5.73 Å². The van der Waals surface area contributed by atoms with Crippen LogP contribution in [0.2, 0.25) is 0 Å². The molecular formula is C18H14N4O2S2. The van der Waals surface area contributed by atoms with Crippen LogP contribution in [0, 0.1) is 11.3 Å². The van der Waals surface area contributed by atoms with Crippen molar-refractivity contribution >= 4 is 39.1 Å². The molecule has 0 saturated carbocycles. The molecule has 0 spiro atoms. The quantitative estimate of drug-likeness (QED) is 0.303. The molecule has 1 aromatic carbocycles. The second-order valence-corrected chi connectivity index (χ2v) is 7.27. The lowest BCUT2D eigenvalue weighted by molar-refractivity contribution is -0.112. The number of carbonyl (C=O) groups excluding carboxylic acids is 1. The summed E-state index contributed by atoms with van der Waals surface area (Å²) in [6.45, 7) is 1.50. The number of thiophene rings is 1. The first-order valence-electron chi connectivity index (χ1n) is 7.60. The third kappa shape index (κ3) is 3.54. The highest BCUT2D eigenvalue weighted by atomic mass is 32.2. The van der Waals surface area contributed by atoms with Gasteiger partial charge in [0.2, 0.25) is 0 Å². The second kappa shape index (κ2) is 7.56. The number of hydrogen-bond acceptors (Lipinski definition) is 7. The zero-order chi connectivity index (χ0) is 18.7. The number of H-pyrrole nitrogens is 1. The number of ketones is 1. The average Bonchev–Trinajstić information content (AvgIpc) is 3.05. The molecular weight excluding hydrogens is 368 g/mol. The molecule has 0 atom stereocenters. The minimum atomic E-state index is -0.392. The maximum Gasteiger partial charge on any atom is 0.260 e. The van der Waals surface area contributed by atoms with E-state index in [0.717, 1.165) is 22.9 Å². The number of allylic oxidation sites excluding steroid dienone is 2. The Balaban J connectivity index is 1.90. The van der Waals surface area contributed by atoms with Gasteiger partial charge in [0.25, 0.3) is 5.56 Å². The minimum absolute atomic E-state index is 0.0250. The van der Waals surface area contributed by atoms with Crippen LogP contribution in [-0.4, -0.2) is 21.5 Å². The van der Waals surface area contributed by atoms with Crippen molar-refractivity contribution in [1.29, 1.82) is 5.26 Å². The predicted molar refractivity (Wildman–Crippen MR) is 104 cm³/mol. The van der Waals surface area contributed by atoms with Gasteiger partial charge in [0.1, 0.15) is 16.5 Å². The summed E-state index contributed by atoms with van der Waals surface area (Å²) >= 11 is 2.45. The number of nitrogens with two attached hydrogens (primary N) is 1. The standard InChI is InChI=1S/C18H14N4O2S2/c1-10(20)12(7-19)14(23)9-26-18-21-16(24)15-13(8-25-17(15)22-18)11-5-3-2-4-6-11/h2-6,8H,9,20H2,1H3,(H,21,22,24)/b12-10-. The van der Waals surface area contributed by atoms with E-state index in [4.69, 9.17) is 11.0 Å². The Labute approximate surface area is 157 Å². The van der Waals surface area contributed by atoms with Gasteiger partial charge < -0.3 is 10.7 Å². The zero-order valence-electron chi connectivity index (χ0n) is 13.8. The normalized spacial score (nSPS) is 11.8. The molecule has 0 aliphatic carbocycles. The Kier molecular flexibility index (Phi) is 5.21. The Hall–Kier alpha value is -2.89. The molecule has 0 aliphatic rings. The van der Waals surface area contributed by atoms with Crippen LogP contribution >= 0.6 is 23.1 Å². The highest BCUT2D eigenvalue weighted by Gasteiger charge is 2.15. The summed E-state index contributed by atoms with van der Waals surface area (Å²) in [5, 5.41) is 11.7. The first-order chi connectivity index (χ1) is 12.5. The fraction of sp³-hybridized carbons (Fsp3) is 0.111. The molecule has 2 heterocycles. The van der Waals surface area contributed by atoms with Crippen LogP contribution in [-0.2, 0) is 4.79 Å². The molecule has 8 heteroatoms. The van der Waals surface area contributed by atoms with Crippen LogP contribution in [0.1, 0.15) is 6.92 Å². The van der Waals surface area contributed by atoms with E-state index in [1.165, 1.54) is 18.3 Å². The van der Waals surface area contributed by atoms with Crippen molar-refractivity contribution in [3.8, 4) is 17.2 Å². The molecule has 0 bridgehead atoms. The Morgan fingerprint density at radius 3 is 2.77 bits per heavy atom. The lowest BCUT2D eigenvalue weighted by Gasteiger charge is -2.02. The number of aromatic nitrogens is 2. The van der Waals surface area contributed by atoms with Crippen molar-refractivity contribution in [2.45, 2.75) is 12.1 Å². The van der Waals surface area contributed by atoms with E-state index in [-0.39, 0.29) is 22.6 Å². The molecule has 3 rings (SSSR count). The van der Waals surface area contributed by atoms with Gasteiger partial charge in [-0.2, -0.15) is 5.26 Å². The highest BCUT2D eigenvalue weighted by Crippen LogP contribution is 2.31. The fourth-order valence-electron chi connectivity index (χ4n) is 2.40. The van der Waals surface area contributed by atoms with Crippen LogP contribution < -0.4 is 11.3 Å².